The smallest absolute Gasteiger partial charge is 0.310 e. The summed E-state index contributed by atoms with van der Waals surface area (Å²) in [4.78, 5) is 12.9. The van der Waals surface area contributed by atoms with Gasteiger partial charge in [0, 0.05) is 0 Å². The van der Waals surface area contributed by atoms with Gasteiger partial charge < -0.3 is 30.3 Å². The Kier molecular flexibility index (Phi) is 7.86. The van der Waals surface area contributed by atoms with E-state index in [9.17, 15) is 30.3 Å². The lowest BCUT2D eigenvalue weighted by molar-refractivity contribution is -0.241. The van der Waals surface area contributed by atoms with Crippen molar-refractivity contribution in [3.8, 4) is 0 Å². The summed E-state index contributed by atoms with van der Waals surface area (Å²) in [6.07, 6.45) is 7.70. The number of fused-ring (bicyclic) bond motifs is 7. The number of rotatable bonds is 4. The molecule has 0 radical (unpaired) electrons. The highest BCUT2D eigenvalue weighted by Gasteiger charge is 2.69. The van der Waals surface area contributed by atoms with Gasteiger partial charge in [0.15, 0.2) is 0 Å². The van der Waals surface area contributed by atoms with Crippen molar-refractivity contribution in [2.24, 2.45) is 56.2 Å². The van der Waals surface area contributed by atoms with E-state index in [1.54, 1.807) is 0 Å². The van der Waals surface area contributed by atoms with Gasteiger partial charge in [-0.15, -0.1) is 0 Å². The Balaban J connectivity index is 1.29. The van der Waals surface area contributed by atoms with E-state index >= 15 is 0 Å². The second-order valence-corrected chi connectivity index (χ2v) is 18.3. The molecule has 250 valence electrons. The molecule has 0 spiro atoms. The normalized spacial score (nSPS) is 52.9. The third kappa shape index (κ3) is 4.41. The molecular formula is C37H60O7. The lowest BCUT2D eigenvalue weighted by Gasteiger charge is -2.71. The fourth-order valence-electron chi connectivity index (χ4n) is 12.8. The van der Waals surface area contributed by atoms with Gasteiger partial charge in [-0.3, -0.25) is 4.79 Å². The van der Waals surface area contributed by atoms with E-state index in [1.807, 2.05) is 0 Å². The van der Waals surface area contributed by atoms with Gasteiger partial charge in [0.25, 0.3) is 0 Å². The highest BCUT2D eigenvalue weighted by Crippen LogP contribution is 2.76. The molecule has 44 heavy (non-hydrogen) atoms. The Bertz CT molecular complexity index is 1180. The standard InChI is InChI=1S/C37H60O7/c1-32(2)14-16-37(31(42)43)17-15-35(6)22(23(37)19-32)8-9-27-34(5)12-10-21(33(3,4)26(34)11-13-36(27,35)7)18-24-28(39)30(41)29(40)25(20-38)44-24/h8,21,23-30,38-41H,9-20H2,1-7H3,(H,42,43)/t21-,23?,24+,25?,26?,27?,28?,29+,30?,34-,35+,36+,37-/m0/s1. The molecule has 1 heterocycles. The van der Waals surface area contributed by atoms with E-state index in [2.05, 4.69) is 54.5 Å². The third-order valence-corrected chi connectivity index (χ3v) is 15.8. The number of carbonyl (C=O) groups is 1. The number of carboxylic acid groups (broad SMARTS) is 1. The van der Waals surface area contributed by atoms with Gasteiger partial charge in [0.05, 0.1) is 18.1 Å². The minimum atomic E-state index is -1.33. The van der Waals surface area contributed by atoms with Crippen LogP contribution in [-0.2, 0) is 9.53 Å². The molecular weight excluding hydrogens is 556 g/mol. The van der Waals surface area contributed by atoms with Gasteiger partial charge in [0.2, 0.25) is 0 Å². The van der Waals surface area contributed by atoms with Crippen LogP contribution < -0.4 is 0 Å². The molecule has 0 amide bonds. The predicted molar refractivity (Wildman–Crippen MR) is 169 cm³/mol. The fourth-order valence-corrected chi connectivity index (χ4v) is 12.8. The number of allylic oxidation sites excluding steroid dienone is 2. The van der Waals surface area contributed by atoms with E-state index < -0.39 is 48.5 Å². The van der Waals surface area contributed by atoms with Crippen molar-refractivity contribution in [1.29, 1.82) is 0 Å². The molecule has 7 heteroatoms. The summed E-state index contributed by atoms with van der Waals surface area (Å²) in [5.74, 6) is 0.835. The molecule has 6 unspecified atom stereocenters. The van der Waals surface area contributed by atoms with Crippen LogP contribution in [0.3, 0.4) is 0 Å². The average molecular weight is 617 g/mol. The Morgan fingerprint density at radius 2 is 1.50 bits per heavy atom. The lowest BCUT2D eigenvalue weighted by Crippen LogP contribution is -2.65. The van der Waals surface area contributed by atoms with Crippen LogP contribution in [0.4, 0.5) is 0 Å². The summed E-state index contributed by atoms with van der Waals surface area (Å²) in [6, 6.07) is 0. The summed E-state index contributed by atoms with van der Waals surface area (Å²) >= 11 is 0. The molecule has 13 atom stereocenters. The first-order chi connectivity index (χ1) is 20.4. The maximum atomic E-state index is 12.9. The van der Waals surface area contributed by atoms with Crippen LogP contribution >= 0.6 is 0 Å². The van der Waals surface area contributed by atoms with E-state index in [4.69, 9.17) is 4.74 Å². The zero-order chi connectivity index (χ0) is 32.3. The molecule has 1 aliphatic heterocycles. The highest BCUT2D eigenvalue weighted by atomic mass is 16.5. The first kappa shape index (κ1) is 32.9. The van der Waals surface area contributed by atoms with Crippen molar-refractivity contribution < 1.29 is 35.1 Å². The summed E-state index contributed by atoms with van der Waals surface area (Å²) in [7, 11) is 0. The van der Waals surface area contributed by atoms with Crippen LogP contribution in [0.5, 0.6) is 0 Å². The highest BCUT2D eigenvalue weighted by molar-refractivity contribution is 5.76. The first-order valence-electron chi connectivity index (χ1n) is 17.6. The van der Waals surface area contributed by atoms with E-state index in [0.29, 0.717) is 18.3 Å². The molecule has 5 N–H and O–H groups in total. The summed E-state index contributed by atoms with van der Waals surface area (Å²) in [6.45, 7) is 16.6. The lowest BCUT2D eigenvalue weighted by atomic mass is 9.33. The molecule has 6 aliphatic rings. The summed E-state index contributed by atoms with van der Waals surface area (Å²) in [5.41, 5.74) is 1.24. The molecule has 4 saturated carbocycles. The molecule has 1 saturated heterocycles. The van der Waals surface area contributed by atoms with Crippen LogP contribution in [0.1, 0.15) is 119 Å². The zero-order valence-electron chi connectivity index (χ0n) is 28.3. The van der Waals surface area contributed by atoms with E-state index in [1.165, 1.54) is 5.57 Å². The number of aliphatic hydroxyl groups excluding tert-OH is 4. The molecule has 6 rings (SSSR count). The van der Waals surface area contributed by atoms with Crippen LogP contribution in [0, 0.1) is 56.2 Å². The van der Waals surface area contributed by atoms with E-state index in [0.717, 1.165) is 64.2 Å². The van der Waals surface area contributed by atoms with Gasteiger partial charge >= 0.3 is 5.97 Å². The topological polar surface area (TPSA) is 127 Å². The average Bonchev–Trinajstić information content (AvgIpc) is 2.94. The van der Waals surface area contributed by atoms with Crippen molar-refractivity contribution in [3.05, 3.63) is 11.6 Å². The monoisotopic (exact) mass is 616 g/mol. The second-order valence-electron chi connectivity index (χ2n) is 18.3. The number of ether oxygens (including phenoxy) is 1. The van der Waals surface area contributed by atoms with Crippen molar-refractivity contribution >= 4 is 5.97 Å². The van der Waals surface area contributed by atoms with Gasteiger partial charge in [-0.05, 0) is 121 Å². The van der Waals surface area contributed by atoms with Crippen LogP contribution in [0.15, 0.2) is 11.6 Å². The molecule has 5 aliphatic carbocycles. The van der Waals surface area contributed by atoms with Gasteiger partial charge in [-0.2, -0.15) is 0 Å². The summed E-state index contributed by atoms with van der Waals surface area (Å²) in [5, 5.41) is 52.0. The maximum Gasteiger partial charge on any atom is 0.310 e. The van der Waals surface area contributed by atoms with Crippen molar-refractivity contribution in [2.45, 2.75) is 150 Å². The number of aliphatic hydroxyl groups is 4. The van der Waals surface area contributed by atoms with Crippen LogP contribution in [0.25, 0.3) is 0 Å². The Hall–Kier alpha value is -0.990. The summed E-state index contributed by atoms with van der Waals surface area (Å²) < 4.78 is 5.99. The van der Waals surface area contributed by atoms with Gasteiger partial charge in [-0.1, -0.05) is 60.1 Å². The SMILES string of the molecule is CC1(C)CC[C@]2(C(=O)O)CC[C@]3(C)C(=CCC4[C@@]5(C)CC[C@@H](C[C@H]6OC(CO)[C@@H](O)C(O)C6O)C(C)(C)C5CC[C@]43C)C2C1. The second kappa shape index (κ2) is 10.5. The minimum Gasteiger partial charge on any atom is -0.481 e. The molecule has 5 fully saturated rings. The van der Waals surface area contributed by atoms with Gasteiger partial charge in [0.1, 0.15) is 24.4 Å². The van der Waals surface area contributed by atoms with E-state index in [-0.39, 0.29) is 38.9 Å². The molecule has 0 aromatic rings. The molecule has 0 aromatic carbocycles. The number of hydrogen-bond donors (Lipinski definition) is 5. The predicted octanol–water partition coefficient (Wildman–Crippen LogP) is 5.72. The largest absolute Gasteiger partial charge is 0.481 e. The van der Waals surface area contributed by atoms with Crippen LogP contribution in [0.2, 0.25) is 0 Å². The van der Waals surface area contributed by atoms with Gasteiger partial charge in [-0.25, -0.2) is 0 Å². The minimum absolute atomic E-state index is 0.00173. The number of aliphatic carboxylic acids is 1. The quantitative estimate of drug-likeness (QED) is 0.256. The van der Waals surface area contributed by atoms with Crippen LogP contribution in [-0.4, -0.2) is 68.6 Å². The number of hydrogen-bond acceptors (Lipinski definition) is 6. The molecule has 7 nitrogen and oxygen atoms in total. The molecule has 0 aromatic heterocycles. The van der Waals surface area contributed by atoms with Crippen molar-refractivity contribution in [2.75, 3.05) is 6.61 Å². The number of carboxylic acids is 1. The molecule has 0 bridgehead atoms. The fraction of sp³-hybridized carbons (Fsp3) is 0.919. The Labute approximate surface area is 264 Å². The first-order valence-corrected chi connectivity index (χ1v) is 17.6. The van der Waals surface area contributed by atoms with Crippen molar-refractivity contribution in [3.63, 3.8) is 0 Å². The Morgan fingerprint density at radius 1 is 0.841 bits per heavy atom. The van der Waals surface area contributed by atoms with Crippen molar-refractivity contribution in [1.82, 2.24) is 0 Å². The Morgan fingerprint density at radius 3 is 2.16 bits per heavy atom. The maximum absolute atomic E-state index is 12.9. The zero-order valence-corrected chi connectivity index (χ0v) is 28.3. The third-order valence-electron chi connectivity index (χ3n) is 15.8.